The Labute approximate surface area is 275 Å². The van der Waals surface area contributed by atoms with Crippen LogP contribution in [-0.2, 0) is 22.2 Å². The number of unbranched alkanes of at least 4 members (excludes halogenated alkanes) is 10. The number of nitrogens with zero attached hydrogens (tertiary/aromatic N) is 1. The van der Waals surface area contributed by atoms with Crippen molar-refractivity contribution in [3.05, 3.63) is 89.0 Å². The van der Waals surface area contributed by atoms with Crippen LogP contribution in [-0.4, -0.2) is 29.2 Å². The lowest BCUT2D eigenvalue weighted by Gasteiger charge is -2.35. The fraction of sp³-hybridized carbons (Fsp3) is 0.447. The Bertz CT molecular complexity index is 1500. The Hall–Kier alpha value is -4.14. The van der Waals surface area contributed by atoms with E-state index in [2.05, 4.69) is 6.92 Å². The first-order valence-corrected chi connectivity index (χ1v) is 16.8. The number of carbonyl (C=O) groups is 3. The molecule has 1 aliphatic rings. The Morgan fingerprint density at radius 3 is 2.06 bits per heavy atom. The topological polar surface area (TPSA) is 89.7 Å². The molecule has 0 fully saturated rings. The summed E-state index contributed by atoms with van der Waals surface area (Å²) in [5.41, 5.74) is 7.45. The molecule has 1 unspecified atom stereocenters. The van der Waals surface area contributed by atoms with Gasteiger partial charge in [-0.05, 0) is 65.4 Å². The highest BCUT2D eigenvalue weighted by Gasteiger charge is 2.35. The quantitative estimate of drug-likeness (QED) is 0.0951. The third-order valence-corrected chi connectivity index (χ3v) is 8.81. The lowest BCUT2D eigenvalue weighted by molar-refractivity contribution is -0.140. The molecule has 0 saturated carbocycles. The lowest BCUT2D eigenvalue weighted by atomic mass is 9.91. The summed E-state index contributed by atoms with van der Waals surface area (Å²) in [6, 6.07) is 15.1. The van der Waals surface area contributed by atoms with Gasteiger partial charge in [0.05, 0.1) is 11.1 Å². The first kappa shape index (κ1) is 35.7. The molecule has 0 bridgehead atoms. The Morgan fingerprint density at radius 2 is 1.45 bits per heavy atom. The Balaban J connectivity index is 1.34. The zero-order valence-corrected chi connectivity index (χ0v) is 27.1. The number of hydrogen-bond donors (Lipinski definition) is 1. The van der Waals surface area contributed by atoms with Crippen molar-refractivity contribution in [1.82, 2.24) is 4.90 Å². The average molecular weight is 651 g/mol. The zero-order valence-electron chi connectivity index (χ0n) is 27.1. The molecule has 0 saturated heterocycles. The van der Waals surface area contributed by atoms with E-state index in [0.717, 1.165) is 37.0 Å². The first-order valence-electron chi connectivity index (χ1n) is 16.8. The monoisotopic (exact) mass is 650 g/mol. The van der Waals surface area contributed by atoms with Crippen LogP contribution in [0.2, 0.25) is 0 Å². The smallest absolute Gasteiger partial charge is 0.416 e. The number of ether oxygens (including phenoxy) is 1. The highest BCUT2D eigenvalue weighted by atomic mass is 19.4. The van der Waals surface area contributed by atoms with E-state index in [4.69, 9.17) is 10.5 Å². The molecule has 9 heteroatoms. The zero-order chi connectivity index (χ0) is 33.8. The van der Waals surface area contributed by atoms with Crippen molar-refractivity contribution in [1.29, 1.82) is 0 Å². The Morgan fingerprint density at radius 1 is 0.830 bits per heavy atom. The van der Waals surface area contributed by atoms with E-state index >= 15 is 0 Å². The van der Waals surface area contributed by atoms with E-state index in [1.54, 1.807) is 47.4 Å². The molecule has 2 N–H and O–H groups in total. The molecule has 1 heterocycles. The van der Waals surface area contributed by atoms with Crippen LogP contribution in [0.1, 0.15) is 117 Å². The minimum atomic E-state index is -4.46. The molecule has 6 nitrogen and oxygen atoms in total. The van der Waals surface area contributed by atoms with Crippen molar-refractivity contribution >= 4 is 17.8 Å². The third-order valence-electron chi connectivity index (χ3n) is 8.81. The van der Waals surface area contributed by atoms with E-state index in [1.165, 1.54) is 63.5 Å². The van der Waals surface area contributed by atoms with Gasteiger partial charge in [-0.1, -0.05) is 108 Å². The van der Waals surface area contributed by atoms with Crippen LogP contribution in [0.5, 0.6) is 5.75 Å². The van der Waals surface area contributed by atoms with E-state index in [9.17, 15) is 27.6 Å². The highest BCUT2D eigenvalue weighted by Crippen LogP contribution is 2.35. The summed E-state index contributed by atoms with van der Waals surface area (Å²) >= 11 is 0. The number of alkyl halides is 3. The van der Waals surface area contributed by atoms with Crippen LogP contribution in [0.15, 0.2) is 66.7 Å². The summed E-state index contributed by atoms with van der Waals surface area (Å²) in [6.45, 7) is 2.55. The predicted octanol–water partition coefficient (Wildman–Crippen LogP) is 9.20. The molecule has 1 aliphatic heterocycles. The fourth-order valence-corrected chi connectivity index (χ4v) is 6.24. The van der Waals surface area contributed by atoms with E-state index in [1.807, 2.05) is 0 Å². The summed E-state index contributed by atoms with van der Waals surface area (Å²) in [7, 11) is 0. The van der Waals surface area contributed by atoms with Crippen molar-refractivity contribution < 1.29 is 32.3 Å². The van der Waals surface area contributed by atoms with Crippen LogP contribution >= 0.6 is 0 Å². The van der Waals surface area contributed by atoms with Gasteiger partial charge in [0, 0.05) is 13.0 Å². The summed E-state index contributed by atoms with van der Waals surface area (Å²) in [5, 5.41) is 0. The predicted molar refractivity (Wildman–Crippen MR) is 177 cm³/mol. The number of nitrogens with two attached hydrogens (primary N) is 1. The number of benzene rings is 3. The summed E-state index contributed by atoms with van der Waals surface area (Å²) < 4.78 is 44.8. The first-order chi connectivity index (χ1) is 22.6. The van der Waals surface area contributed by atoms with Gasteiger partial charge in [0.1, 0.15) is 11.8 Å². The number of amides is 2. The lowest BCUT2D eigenvalue weighted by Crippen LogP contribution is -2.45. The van der Waals surface area contributed by atoms with Gasteiger partial charge in [0.2, 0.25) is 11.8 Å². The van der Waals surface area contributed by atoms with Gasteiger partial charge in [-0.25, -0.2) is 4.79 Å². The fourth-order valence-electron chi connectivity index (χ4n) is 6.24. The number of esters is 1. The van der Waals surface area contributed by atoms with Gasteiger partial charge < -0.3 is 15.4 Å². The number of fused-ring (bicyclic) bond motifs is 1. The molecule has 0 spiro atoms. The normalized spacial score (nSPS) is 14.5. The molecule has 4 rings (SSSR count). The van der Waals surface area contributed by atoms with Crippen LogP contribution in [0.4, 0.5) is 13.2 Å². The second-order valence-electron chi connectivity index (χ2n) is 12.3. The molecule has 47 heavy (non-hydrogen) atoms. The van der Waals surface area contributed by atoms with Crippen LogP contribution in [0.25, 0.3) is 11.1 Å². The van der Waals surface area contributed by atoms with Crippen molar-refractivity contribution in [3.63, 3.8) is 0 Å². The molecule has 1 atom stereocenters. The second-order valence-corrected chi connectivity index (χ2v) is 12.3. The van der Waals surface area contributed by atoms with Crippen LogP contribution in [0, 0.1) is 0 Å². The van der Waals surface area contributed by atoms with Gasteiger partial charge in [-0.15, -0.1) is 0 Å². The molecule has 0 aromatic heterocycles. The SMILES string of the molecule is CCCCCCCCCCCCCC(=O)N1CCc2cc(OC(=O)c3ccccc3-c3ccc(C(F)(F)F)cc3)ccc2C1C(N)=O. The standard InChI is InChI=1S/C38H45F3N2O4/c1-2-3-4-5-6-7-8-9-10-11-12-17-34(44)43-25-24-28-26-30(22-23-32(28)35(43)36(42)45)47-37(46)33-16-14-13-15-31(33)27-18-20-29(21-19-27)38(39,40)41/h13-16,18-23,26,35H,2-12,17,24-25H2,1H3,(H2,42,45). The maximum Gasteiger partial charge on any atom is 0.416 e. The van der Waals surface area contributed by atoms with Crippen LogP contribution in [0.3, 0.4) is 0 Å². The summed E-state index contributed by atoms with van der Waals surface area (Å²) in [4.78, 5) is 40.5. The summed E-state index contributed by atoms with van der Waals surface area (Å²) in [6.07, 6.45) is 9.42. The van der Waals surface area contributed by atoms with E-state index in [0.29, 0.717) is 36.1 Å². The van der Waals surface area contributed by atoms with Gasteiger partial charge in [0.25, 0.3) is 0 Å². The van der Waals surface area contributed by atoms with E-state index < -0.39 is 29.7 Å². The maximum absolute atomic E-state index is 13.2. The minimum Gasteiger partial charge on any atom is -0.423 e. The van der Waals surface area contributed by atoms with Crippen molar-refractivity contribution in [2.24, 2.45) is 5.73 Å². The third kappa shape index (κ3) is 9.92. The molecular weight excluding hydrogens is 605 g/mol. The number of rotatable bonds is 16. The molecule has 3 aromatic rings. The summed E-state index contributed by atoms with van der Waals surface area (Å²) in [5.74, 6) is -1.13. The highest BCUT2D eigenvalue weighted by molar-refractivity contribution is 5.98. The number of hydrogen-bond acceptors (Lipinski definition) is 4. The van der Waals surface area contributed by atoms with Crippen molar-refractivity contribution in [2.45, 2.75) is 103 Å². The maximum atomic E-state index is 13.2. The Kier molecular flexibility index (Phi) is 13.0. The molecule has 2 amide bonds. The van der Waals surface area contributed by atoms with Crippen molar-refractivity contribution in [3.8, 4) is 16.9 Å². The number of carbonyl (C=O) groups excluding carboxylic acids is 3. The molecule has 0 radical (unpaired) electrons. The van der Waals surface area contributed by atoms with Crippen molar-refractivity contribution in [2.75, 3.05) is 6.54 Å². The van der Waals surface area contributed by atoms with Gasteiger partial charge >= 0.3 is 12.1 Å². The average Bonchev–Trinajstić information content (AvgIpc) is 3.06. The number of halogens is 3. The molecule has 252 valence electrons. The minimum absolute atomic E-state index is 0.0919. The van der Waals surface area contributed by atoms with Gasteiger partial charge in [-0.3, -0.25) is 9.59 Å². The number of primary amides is 1. The molecule has 0 aliphatic carbocycles. The largest absolute Gasteiger partial charge is 0.423 e. The molecular formula is C38H45F3N2O4. The molecule has 3 aromatic carbocycles. The van der Waals surface area contributed by atoms with Crippen LogP contribution < -0.4 is 10.5 Å². The van der Waals surface area contributed by atoms with E-state index in [-0.39, 0.29) is 17.2 Å². The second kappa shape index (κ2) is 17.1. The van der Waals surface area contributed by atoms with Gasteiger partial charge in [-0.2, -0.15) is 13.2 Å². The van der Waals surface area contributed by atoms with Gasteiger partial charge in [0.15, 0.2) is 0 Å².